The number of hydrogen-bond donors (Lipinski definition) is 1. The minimum absolute atomic E-state index is 0.235. The van der Waals surface area contributed by atoms with Crippen molar-refractivity contribution in [2.45, 2.75) is 12.8 Å². The lowest BCUT2D eigenvalue weighted by Gasteiger charge is -2.30. The number of carbonyl (C=O) groups is 2. The van der Waals surface area contributed by atoms with E-state index in [2.05, 4.69) is 15.5 Å². The van der Waals surface area contributed by atoms with E-state index < -0.39 is 5.82 Å². The number of rotatable bonds is 4. The highest BCUT2D eigenvalue weighted by Gasteiger charge is 2.26. The fraction of sp³-hybridized carbons (Fsp3) is 0.217. The highest BCUT2D eigenvalue weighted by atomic mass is 19.1. The summed E-state index contributed by atoms with van der Waals surface area (Å²) in [6, 6.07) is 14.3. The predicted molar refractivity (Wildman–Crippen MR) is 117 cm³/mol. The minimum atomic E-state index is -0.399. The van der Waals surface area contributed by atoms with Crippen LogP contribution in [0.5, 0.6) is 0 Å². The molecule has 1 N–H and O–H groups in total. The van der Waals surface area contributed by atoms with Crippen molar-refractivity contribution in [1.82, 2.24) is 10.2 Å². The van der Waals surface area contributed by atoms with E-state index in [1.165, 1.54) is 24.3 Å². The molecule has 1 aromatic heterocycles. The van der Waals surface area contributed by atoms with E-state index in [-0.39, 0.29) is 17.5 Å². The summed E-state index contributed by atoms with van der Waals surface area (Å²) >= 11 is 0. The van der Waals surface area contributed by atoms with Gasteiger partial charge in [0.2, 0.25) is 0 Å². The largest absolute Gasteiger partial charge is 0.361 e. The Morgan fingerprint density at radius 1 is 1.03 bits per heavy atom. The van der Waals surface area contributed by atoms with Gasteiger partial charge in [0.25, 0.3) is 11.8 Å². The van der Waals surface area contributed by atoms with E-state index >= 15 is 0 Å². The van der Waals surface area contributed by atoms with Gasteiger partial charge in [-0.15, -0.1) is 10.2 Å². The summed E-state index contributed by atoms with van der Waals surface area (Å²) < 4.78 is 13.1. The molecular formula is C23H22FN5O2. The molecule has 7 nitrogen and oxygen atoms in total. The second kappa shape index (κ2) is 8.51. The number of amides is 2. The van der Waals surface area contributed by atoms with Crippen molar-refractivity contribution in [3.63, 3.8) is 0 Å². The molecule has 8 heteroatoms. The Balaban J connectivity index is 1.59. The number of aromatic nitrogens is 2. The first kappa shape index (κ1) is 20.5. The molecule has 0 atom stereocenters. The smallest absolute Gasteiger partial charge is 0.278 e. The fourth-order valence-corrected chi connectivity index (χ4v) is 3.56. The van der Waals surface area contributed by atoms with Gasteiger partial charge < -0.3 is 15.1 Å². The number of benzene rings is 2. The molecule has 2 amide bonds. The number of halogens is 1. The SMILES string of the molecule is CN(C)c1ccc(C(=O)N2CCCc3c(NC(=O)c4ccc(F)cc4)cccc32)nn1. The van der Waals surface area contributed by atoms with E-state index in [4.69, 9.17) is 0 Å². The molecule has 0 spiro atoms. The Hall–Kier alpha value is -3.81. The van der Waals surface area contributed by atoms with Gasteiger partial charge in [0.15, 0.2) is 11.5 Å². The highest BCUT2D eigenvalue weighted by molar-refractivity contribution is 6.08. The Bertz CT molecular complexity index is 1110. The zero-order valence-electron chi connectivity index (χ0n) is 17.3. The summed E-state index contributed by atoms with van der Waals surface area (Å²) in [5.41, 5.74) is 2.89. The second-order valence-electron chi connectivity index (χ2n) is 7.50. The van der Waals surface area contributed by atoms with Crippen LogP contribution in [0, 0.1) is 5.82 Å². The summed E-state index contributed by atoms with van der Waals surface area (Å²) in [4.78, 5) is 29.2. The third-order valence-corrected chi connectivity index (χ3v) is 5.18. The summed E-state index contributed by atoms with van der Waals surface area (Å²) in [6.07, 6.45) is 1.48. The van der Waals surface area contributed by atoms with Gasteiger partial charge in [-0.05, 0) is 66.9 Å². The molecule has 158 valence electrons. The number of fused-ring (bicyclic) bond motifs is 1. The van der Waals surface area contributed by atoms with E-state index in [1.807, 2.05) is 25.1 Å². The monoisotopic (exact) mass is 419 g/mol. The standard InChI is InChI=1S/C23H22FN5O2/c1-28(2)21-13-12-19(26-27-21)23(31)29-14-4-5-17-18(6-3-7-20(17)29)25-22(30)15-8-10-16(24)11-9-15/h3,6-13H,4-5,14H2,1-2H3,(H,25,30). The Morgan fingerprint density at radius 3 is 2.48 bits per heavy atom. The van der Waals surface area contributed by atoms with Gasteiger partial charge >= 0.3 is 0 Å². The number of carbonyl (C=O) groups excluding carboxylic acids is 2. The molecule has 0 fully saturated rings. The molecule has 2 heterocycles. The molecule has 31 heavy (non-hydrogen) atoms. The number of nitrogens with one attached hydrogen (secondary N) is 1. The maximum atomic E-state index is 13.1. The maximum absolute atomic E-state index is 13.1. The molecule has 3 aromatic rings. The third kappa shape index (κ3) is 4.23. The van der Waals surface area contributed by atoms with Crippen LogP contribution in [0.15, 0.2) is 54.6 Å². The van der Waals surface area contributed by atoms with Crippen LogP contribution in [-0.4, -0.2) is 42.7 Å². The predicted octanol–water partition coefficient (Wildman–Crippen LogP) is 3.53. The molecule has 2 aromatic carbocycles. The van der Waals surface area contributed by atoms with Crippen molar-refractivity contribution >= 4 is 29.0 Å². The number of hydrogen-bond acceptors (Lipinski definition) is 5. The highest BCUT2D eigenvalue weighted by Crippen LogP contribution is 2.34. The Labute approximate surface area is 179 Å². The molecular weight excluding hydrogens is 397 g/mol. The van der Waals surface area contributed by atoms with Crippen molar-refractivity contribution in [3.05, 3.63) is 77.2 Å². The van der Waals surface area contributed by atoms with Gasteiger partial charge in [-0.25, -0.2) is 4.39 Å². The van der Waals surface area contributed by atoms with Crippen LogP contribution in [0.25, 0.3) is 0 Å². The zero-order valence-corrected chi connectivity index (χ0v) is 17.3. The quantitative estimate of drug-likeness (QED) is 0.700. The average Bonchev–Trinajstić information content (AvgIpc) is 2.79. The van der Waals surface area contributed by atoms with Crippen LogP contribution in [0.3, 0.4) is 0 Å². The topological polar surface area (TPSA) is 78.4 Å². The van der Waals surface area contributed by atoms with Crippen LogP contribution in [0.2, 0.25) is 0 Å². The van der Waals surface area contributed by atoms with Crippen molar-refractivity contribution in [3.8, 4) is 0 Å². The molecule has 0 saturated carbocycles. The third-order valence-electron chi connectivity index (χ3n) is 5.18. The van der Waals surface area contributed by atoms with E-state index in [1.54, 1.807) is 29.2 Å². The van der Waals surface area contributed by atoms with E-state index in [0.717, 1.165) is 24.1 Å². The van der Waals surface area contributed by atoms with Gasteiger partial charge in [-0.2, -0.15) is 0 Å². The summed E-state index contributed by atoms with van der Waals surface area (Å²) in [5, 5.41) is 11.1. The molecule has 0 saturated heterocycles. The first-order valence-corrected chi connectivity index (χ1v) is 9.96. The van der Waals surface area contributed by atoms with Gasteiger partial charge in [0.05, 0.1) is 0 Å². The summed E-state index contributed by atoms with van der Waals surface area (Å²) in [7, 11) is 3.71. The number of nitrogens with zero attached hydrogens (tertiary/aromatic N) is 4. The lowest BCUT2D eigenvalue weighted by molar-refractivity contribution is 0.0978. The first-order valence-electron chi connectivity index (χ1n) is 9.96. The fourth-order valence-electron chi connectivity index (χ4n) is 3.56. The van der Waals surface area contributed by atoms with Crippen LogP contribution in [0.4, 0.5) is 21.6 Å². The molecule has 4 rings (SSSR count). The minimum Gasteiger partial charge on any atom is -0.361 e. The molecule has 0 bridgehead atoms. The van der Waals surface area contributed by atoms with Crippen LogP contribution in [-0.2, 0) is 6.42 Å². The second-order valence-corrected chi connectivity index (χ2v) is 7.50. The average molecular weight is 419 g/mol. The van der Waals surface area contributed by atoms with Gasteiger partial charge in [-0.1, -0.05) is 6.07 Å². The van der Waals surface area contributed by atoms with Gasteiger partial charge in [0, 0.05) is 37.6 Å². The lowest BCUT2D eigenvalue weighted by Crippen LogP contribution is -2.36. The van der Waals surface area contributed by atoms with Crippen molar-refractivity contribution in [1.29, 1.82) is 0 Å². The van der Waals surface area contributed by atoms with Crippen LogP contribution >= 0.6 is 0 Å². The van der Waals surface area contributed by atoms with Crippen LogP contribution in [0.1, 0.15) is 32.8 Å². The Kier molecular flexibility index (Phi) is 5.62. The molecule has 0 unspecified atom stereocenters. The molecule has 0 radical (unpaired) electrons. The van der Waals surface area contributed by atoms with Gasteiger partial charge in [0.1, 0.15) is 5.82 Å². The molecule has 0 aliphatic carbocycles. The van der Waals surface area contributed by atoms with E-state index in [0.29, 0.717) is 23.6 Å². The van der Waals surface area contributed by atoms with Crippen LogP contribution < -0.4 is 15.1 Å². The Morgan fingerprint density at radius 2 is 1.81 bits per heavy atom. The van der Waals surface area contributed by atoms with Crippen molar-refractivity contribution in [2.75, 3.05) is 35.8 Å². The first-order chi connectivity index (χ1) is 14.9. The van der Waals surface area contributed by atoms with E-state index in [9.17, 15) is 14.0 Å². The van der Waals surface area contributed by atoms with Gasteiger partial charge in [-0.3, -0.25) is 9.59 Å². The maximum Gasteiger partial charge on any atom is 0.278 e. The molecule has 1 aliphatic rings. The van der Waals surface area contributed by atoms with Crippen molar-refractivity contribution < 1.29 is 14.0 Å². The number of anilines is 3. The van der Waals surface area contributed by atoms with Crippen molar-refractivity contribution in [2.24, 2.45) is 0 Å². The zero-order chi connectivity index (χ0) is 22.0. The molecule has 1 aliphatic heterocycles. The normalized spacial score (nSPS) is 12.8. The summed E-state index contributed by atoms with van der Waals surface area (Å²) in [6.45, 7) is 0.554. The lowest BCUT2D eigenvalue weighted by atomic mass is 9.99. The summed E-state index contributed by atoms with van der Waals surface area (Å²) in [5.74, 6) is -0.298.